The first-order valence-electron chi connectivity index (χ1n) is 6.65. The van der Waals surface area contributed by atoms with Crippen LogP contribution >= 0.6 is 0 Å². The fourth-order valence-electron chi connectivity index (χ4n) is 2.82. The van der Waals surface area contributed by atoms with Crippen LogP contribution in [0.3, 0.4) is 0 Å². The van der Waals surface area contributed by atoms with Crippen LogP contribution < -0.4 is 10.6 Å². The van der Waals surface area contributed by atoms with Gasteiger partial charge in [-0.2, -0.15) is 0 Å². The third-order valence-electron chi connectivity index (χ3n) is 4.09. The van der Waals surface area contributed by atoms with Gasteiger partial charge in [-0.1, -0.05) is 13.3 Å². The molecule has 0 radical (unpaired) electrons. The van der Waals surface area contributed by atoms with Gasteiger partial charge in [-0.25, -0.2) is 4.98 Å². The molecule has 0 amide bonds. The summed E-state index contributed by atoms with van der Waals surface area (Å²) in [6, 6.07) is 4.42. The number of nitrogens with two attached hydrogens (primary N) is 1. The van der Waals surface area contributed by atoms with Gasteiger partial charge in [-0.3, -0.25) is 0 Å². The first kappa shape index (κ1) is 12.2. The molecule has 1 aliphatic rings. The summed E-state index contributed by atoms with van der Waals surface area (Å²) < 4.78 is 0. The molecule has 1 aromatic rings. The van der Waals surface area contributed by atoms with E-state index in [4.69, 9.17) is 5.73 Å². The topological polar surface area (TPSA) is 42.2 Å². The third kappa shape index (κ3) is 2.71. The Morgan fingerprint density at radius 3 is 2.65 bits per heavy atom. The minimum atomic E-state index is 0.606. The van der Waals surface area contributed by atoms with Crippen molar-refractivity contribution in [2.24, 2.45) is 5.92 Å². The van der Waals surface area contributed by atoms with E-state index >= 15 is 0 Å². The largest absolute Gasteiger partial charge is 0.396 e. The Labute approximate surface area is 104 Å². The van der Waals surface area contributed by atoms with Gasteiger partial charge < -0.3 is 10.6 Å². The first-order chi connectivity index (χ1) is 8.22. The number of hydrogen-bond donors (Lipinski definition) is 1. The molecule has 1 fully saturated rings. The normalized spacial score (nSPS) is 24.6. The number of rotatable bonds is 3. The van der Waals surface area contributed by atoms with Crippen LogP contribution in [0.15, 0.2) is 18.3 Å². The third-order valence-corrected chi connectivity index (χ3v) is 4.09. The molecule has 0 spiro atoms. The Morgan fingerprint density at radius 2 is 2.06 bits per heavy atom. The molecule has 3 nitrogen and oxygen atoms in total. The monoisotopic (exact) mass is 233 g/mol. The number of pyridine rings is 1. The van der Waals surface area contributed by atoms with E-state index in [1.807, 2.05) is 18.3 Å². The molecule has 3 heteroatoms. The highest BCUT2D eigenvalue weighted by Crippen LogP contribution is 2.31. The number of nitrogens with zero attached hydrogens (tertiary/aromatic N) is 2. The second-order valence-corrected chi connectivity index (χ2v) is 5.11. The zero-order valence-corrected chi connectivity index (χ0v) is 10.9. The molecule has 0 unspecified atom stereocenters. The van der Waals surface area contributed by atoms with Crippen molar-refractivity contribution in [1.29, 1.82) is 0 Å². The standard InChI is InChI=1S/C14H23N3/c1-3-11-6-8-12(9-7-11)17(2)14-13(15)5-4-10-16-14/h4-5,10-12H,3,6-9,15H2,1-2H3. The average molecular weight is 233 g/mol. The number of hydrogen-bond acceptors (Lipinski definition) is 3. The molecule has 2 rings (SSSR count). The molecule has 0 atom stereocenters. The van der Waals surface area contributed by atoms with Gasteiger partial charge in [-0.15, -0.1) is 0 Å². The Kier molecular flexibility index (Phi) is 3.87. The van der Waals surface area contributed by atoms with Gasteiger partial charge in [0.2, 0.25) is 0 Å². The van der Waals surface area contributed by atoms with Crippen molar-refractivity contribution in [2.75, 3.05) is 17.7 Å². The Bertz CT molecular complexity index is 356. The molecule has 17 heavy (non-hydrogen) atoms. The van der Waals surface area contributed by atoms with Crippen molar-refractivity contribution in [1.82, 2.24) is 4.98 Å². The van der Waals surface area contributed by atoms with Crippen LogP contribution in [0.25, 0.3) is 0 Å². The van der Waals surface area contributed by atoms with Crippen LogP contribution in [0.1, 0.15) is 39.0 Å². The predicted octanol–water partition coefficient (Wildman–Crippen LogP) is 3.07. The molecule has 94 valence electrons. The SMILES string of the molecule is CCC1CCC(N(C)c2ncccc2N)CC1. The molecule has 2 N–H and O–H groups in total. The molecule has 0 aliphatic heterocycles. The van der Waals surface area contributed by atoms with E-state index in [1.54, 1.807) is 0 Å². The van der Waals surface area contributed by atoms with Gasteiger partial charge in [0.25, 0.3) is 0 Å². The van der Waals surface area contributed by atoms with E-state index in [0.717, 1.165) is 17.4 Å². The highest BCUT2D eigenvalue weighted by Gasteiger charge is 2.24. The lowest BCUT2D eigenvalue weighted by atomic mass is 9.84. The Hall–Kier alpha value is -1.25. The molecule has 0 bridgehead atoms. The van der Waals surface area contributed by atoms with Gasteiger partial charge in [0.1, 0.15) is 0 Å². The van der Waals surface area contributed by atoms with Gasteiger partial charge in [0.15, 0.2) is 5.82 Å². The maximum absolute atomic E-state index is 5.98. The summed E-state index contributed by atoms with van der Waals surface area (Å²) in [5.41, 5.74) is 6.76. The summed E-state index contributed by atoms with van der Waals surface area (Å²) in [6.07, 6.45) is 8.37. The molecule has 1 saturated carbocycles. The summed E-state index contributed by atoms with van der Waals surface area (Å²) >= 11 is 0. The summed E-state index contributed by atoms with van der Waals surface area (Å²) in [5.74, 6) is 1.87. The van der Waals surface area contributed by atoms with Crippen LogP contribution in [0, 0.1) is 5.92 Å². The van der Waals surface area contributed by atoms with Crippen molar-refractivity contribution >= 4 is 11.5 Å². The molecule has 1 aromatic heterocycles. The molecular formula is C14H23N3. The van der Waals surface area contributed by atoms with Gasteiger partial charge in [0, 0.05) is 19.3 Å². The summed E-state index contributed by atoms with van der Waals surface area (Å²) in [6.45, 7) is 2.30. The molecule has 0 aromatic carbocycles. The van der Waals surface area contributed by atoms with E-state index in [1.165, 1.54) is 32.1 Å². The van der Waals surface area contributed by atoms with Crippen LogP contribution in [0.5, 0.6) is 0 Å². The minimum Gasteiger partial charge on any atom is -0.396 e. The van der Waals surface area contributed by atoms with E-state index < -0.39 is 0 Å². The summed E-state index contributed by atoms with van der Waals surface area (Å²) in [7, 11) is 2.12. The van der Waals surface area contributed by atoms with Gasteiger partial charge in [-0.05, 0) is 43.7 Å². The van der Waals surface area contributed by atoms with E-state index in [0.29, 0.717) is 6.04 Å². The highest BCUT2D eigenvalue weighted by atomic mass is 15.2. The zero-order chi connectivity index (χ0) is 12.3. The lowest BCUT2D eigenvalue weighted by Gasteiger charge is -2.35. The quantitative estimate of drug-likeness (QED) is 0.872. The average Bonchev–Trinajstić information content (AvgIpc) is 2.39. The van der Waals surface area contributed by atoms with Crippen molar-refractivity contribution < 1.29 is 0 Å². The van der Waals surface area contributed by atoms with E-state index in [9.17, 15) is 0 Å². The maximum Gasteiger partial charge on any atom is 0.151 e. The number of aromatic nitrogens is 1. The highest BCUT2D eigenvalue weighted by molar-refractivity contribution is 5.62. The van der Waals surface area contributed by atoms with Crippen molar-refractivity contribution in [3.05, 3.63) is 18.3 Å². The van der Waals surface area contributed by atoms with Gasteiger partial charge >= 0.3 is 0 Å². The summed E-state index contributed by atoms with van der Waals surface area (Å²) in [4.78, 5) is 6.66. The first-order valence-corrected chi connectivity index (χ1v) is 6.65. The summed E-state index contributed by atoms with van der Waals surface area (Å²) in [5, 5.41) is 0. The molecule has 0 saturated heterocycles. The van der Waals surface area contributed by atoms with Crippen LogP contribution in [-0.2, 0) is 0 Å². The smallest absolute Gasteiger partial charge is 0.151 e. The minimum absolute atomic E-state index is 0.606. The fraction of sp³-hybridized carbons (Fsp3) is 0.643. The van der Waals surface area contributed by atoms with Crippen molar-refractivity contribution in [3.8, 4) is 0 Å². The van der Waals surface area contributed by atoms with Crippen LogP contribution in [-0.4, -0.2) is 18.1 Å². The van der Waals surface area contributed by atoms with Crippen LogP contribution in [0.4, 0.5) is 11.5 Å². The fourth-order valence-corrected chi connectivity index (χ4v) is 2.82. The van der Waals surface area contributed by atoms with E-state index in [-0.39, 0.29) is 0 Å². The Morgan fingerprint density at radius 1 is 1.35 bits per heavy atom. The Balaban J connectivity index is 2.02. The predicted molar refractivity (Wildman–Crippen MR) is 73.1 cm³/mol. The van der Waals surface area contributed by atoms with Crippen LogP contribution in [0.2, 0.25) is 0 Å². The van der Waals surface area contributed by atoms with Crippen molar-refractivity contribution in [3.63, 3.8) is 0 Å². The molecule has 1 heterocycles. The van der Waals surface area contributed by atoms with Crippen molar-refractivity contribution in [2.45, 2.75) is 45.1 Å². The second kappa shape index (κ2) is 5.39. The lowest BCUT2D eigenvalue weighted by molar-refractivity contribution is 0.313. The van der Waals surface area contributed by atoms with E-state index in [2.05, 4.69) is 23.9 Å². The molecule has 1 aliphatic carbocycles. The second-order valence-electron chi connectivity index (χ2n) is 5.11. The van der Waals surface area contributed by atoms with Gasteiger partial charge in [0.05, 0.1) is 5.69 Å². The zero-order valence-electron chi connectivity index (χ0n) is 10.9. The maximum atomic E-state index is 5.98. The number of anilines is 2. The molecular weight excluding hydrogens is 210 g/mol. The lowest BCUT2D eigenvalue weighted by Crippen LogP contribution is -2.36. The number of nitrogen functional groups attached to an aromatic ring is 1.